The van der Waals surface area contributed by atoms with Gasteiger partial charge in [0.1, 0.15) is 0 Å². The standard InChI is InChI=1S/C13H10BrF3OS/c1-9(18)19-7-3-2-4-10-5-6-11(14)8-12(10)13(15,16)17/h5-6,8H,3,7H2,1H3. The number of hydrogen-bond acceptors (Lipinski definition) is 2. The van der Waals surface area contributed by atoms with E-state index in [2.05, 4.69) is 27.8 Å². The van der Waals surface area contributed by atoms with Gasteiger partial charge in [0.15, 0.2) is 5.12 Å². The van der Waals surface area contributed by atoms with E-state index in [0.717, 1.165) is 17.8 Å². The third kappa shape index (κ3) is 5.70. The first kappa shape index (κ1) is 16.1. The molecule has 6 heteroatoms. The Balaban J connectivity index is 2.84. The maximum absolute atomic E-state index is 12.8. The lowest BCUT2D eigenvalue weighted by atomic mass is 10.1. The topological polar surface area (TPSA) is 17.1 Å². The van der Waals surface area contributed by atoms with Crippen molar-refractivity contribution in [2.24, 2.45) is 0 Å². The van der Waals surface area contributed by atoms with Crippen LogP contribution in [0.2, 0.25) is 0 Å². The first-order chi connectivity index (χ1) is 8.80. The molecule has 0 spiro atoms. The number of alkyl halides is 3. The Morgan fingerprint density at radius 1 is 1.42 bits per heavy atom. The van der Waals surface area contributed by atoms with Gasteiger partial charge in [0.05, 0.1) is 5.56 Å². The molecule has 0 aliphatic carbocycles. The minimum absolute atomic E-state index is 0.0265. The summed E-state index contributed by atoms with van der Waals surface area (Å²) in [5, 5.41) is -0.0265. The molecular weight excluding hydrogens is 341 g/mol. The summed E-state index contributed by atoms with van der Waals surface area (Å²) in [7, 11) is 0. The molecule has 0 aliphatic rings. The van der Waals surface area contributed by atoms with E-state index in [0.29, 0.717) is 16.6 Å². The minimum Gasteiger partial charge on any atom is -0.288 e. The molecule has 1 nitrogen and oxygen atoms in total. The molecule has 0 radical (unpaired) electrons. The maximum Gasteiger partial charge on any atom is 0.417 e. The lowest BCUT2D eigenvalue weighted by Crippen LogP contribution is -2.07. The van der Waals surface area contributed by atoms with E-state index in [-0.39, 0.29) is 10.7 Å². The van der Waals surface area contributed by atoms with Gasteiger partial charge in [0, 0.05) is 29.1 Å². The zero-order chi connectivity index (χ0) is 14.5. The third-order valence-electron chi connectivity index (χ3n) is 2.04. The average molecular weight is 351 g/mol. The zero-order valence-electron chi connectivity index (χ0n) is 9.97. The largest absolute Gasteiger partial charge is 0.417 e. The molecule has 0 saturated carbocycles. The van der Waals surface area contributed by atoms with Gasteiger partial charge in [-0.1, -0.05) is 39.5 Å². The van der Waals surface area contributed by atoms with Crippen molar-refractivity contribution in [3.05, 3.63) is 33.8 Å². The van der Waals surface area contributed by atoms with Crippen molar-refractivity contribution in [2.75, 3.05) is 5.75 Å². The summed E-state index contributed by atoms with van der Waals surface area (Å²) < 4.78 is 38.7. The van der Waals surface area contributed by atoms with E-state index in [1.165, 1.54) is 19.1 Å². The summed E-state index contributed by atoms with van der Waals surface area (Å²) in [6.45, 7) is 1.44. The highest BCUT2D eigenvalue weighted by molar-refractivity contribution is 9.10. The SMILES string of the molecule is CC(=O)SCCC#Cc1ccc(Br)cc1C(F)(F)F. The molecule has 0 fully saturated rings. The van der Waals surface area contributed by atoms with Gasteiger partial charge in [-0.05, 0) is 18.2 Å². The van der Waals surface area contributed by atoms with Crippen LogP contribution in [0.3, 0.4) is 0 Å². The molecule has 0 amide bonds. The van der Waals surface area contributed by atoms with E-state index in [9.17, 15) is 18.0 Å². The predicted octanol–water partition coefficient (Wildman–Crippen LogP) is 4.49. The molecule has 102 valence electrons. The van der Waals surface area contributed by atoms with Gasteiger partial charge in [-0.15, -0.1) is 0 Å². The molecule has 1 rings (SSSR count). The number of benzene rings is 1. The first-order valence-corrected chi connectivity index (χ1v) is 7.07. The van der Waals surface area contributed by atoms with Gasteiger partial charge in [-0.3, -0.25) is 4.79 Å². The molecule has 0 heterocycles. The molecule has 0 saturated heterocycles. The van der Waals surface area contributed by atoms with Crippen LogP contribution >= 0.6 is 27.7 Å². The summed E-state index contributed by atoms with van der Waals surface area (Å²) in [5.41, 5.74) is -0.808. The maximum atomic E-state index is 12.8. The van der Waals surface area contributed by atoms with Gasteiger partial charge in [-0.25, -0.2) is 0 Å². The summed E-state index contributed by atoms with van der Waals surface area (Å²) in [6.07, 6.45) is -4.06. The van der Waals surface area contributed by atoms with Crippen molar-refractivity contribution in [2.45, 2.75) is 19.5 Å². The molecule has 0 unspecified atom stereocenters. The van der Waals surface area contributed by atoms with Gasteiger partial charge in [0.25, 0.3) is 0 Å². The van der Waals surface area contributed by atoms with E-state index in [1.807, 2.05) is 0 Å². The number of carbonyl (C=O) groups excluding carboxylic acids is 1. The molecule has 19 heavy (non-hydrogen) atoms. The molecule has 1 aromatic carbocycles. The Kier molecular flexibility index (Phi) is 5.95. The highest BCUT2D eigenvalue weighted by atomic mass is 79.9. The highest BCUT2D eigenvalue weighted by Crippen LogP contribution is 2.33. The van der Waals surface area contributed by atoms with E-state index < -0.39 is 11.7 Å². The highest BCUT2D eigenvalue weighted by Gasteiger charge is 2.33. The van der Waals surface area contributed by atoms with E-state index in [4.69, 9.17) is 0 Å². The van der Waals surface area contributed by atoms with Crippen molar-refractivity contribution in [3.63, 3.8) is 0 Å². The fourth-order valence-corrected chi connectivity index (χ4v) is 2.12. The van der Waals surface area contributed by atoms with Crippen LogP contribution in [0.1, 0.15) is 24.5 Å². The molecule has 0 atom stereocenters. The molecule has 1 aromatic rings. The second-order valence-electron chi connectivity index (χ2n) is 3.58. The predicted molar refractivity (Wildman–Crippen MR) is 73.8 cm³/mol. The lowest BCUT2D eigenvalue weighted by Gasteiger charge is -2.09. The quantitative estimate of drug-likeness (QED) is 0.577. The Labute approximate surface area is 122 Å². The summed E-state index contributed by atoms with van der Waals surface area (Å²) in [5.74, 6) is 5.64. The number of rotatable bonds is 2. The Morgan fingerprint density at radius 2 is 2.11 bits per heavy atom. The average Bonchev–Trinajstić information content (AvgIpc) is 2.28. The second kappa shape index (κ2) is 7.01. The van der Waals surface area contributed by atoms with Crippen LogP contribution in [0.25, 0.3) is 0 Å². The molecule has 0 aliphatic heterocycles. The molecular formula is C13H10BrF3OS. The van der Waals surface area contributed by atoms with Gasteiger partial charge < -0.3 is 0 Å². The monoisotopic (exact) mass is 350 g/mol. The van der Waals surface area contributed by atoms with Crippen LogP contribution in [0.15, 0.2) is 22.7 Å². The number of halogens is 4. The summed E-state index contributed by atoms with van der Waals surface area (Å²) in [6, 6.07) is 3.86. The van der Waals surface area contributed by atoms with Gasteiger partial charge in [0.2, 0.25) is 0 Å². The van der Waals surface area contributed by atoms with Gasteiger partial charge in [-0.2, -0.15) is 13.2 Å². The van der Waals surface area contributed by atoms with E-state index >= 15 is 0 Å². The van der Waals surface area contributed by atoms with Crippen molar-refractivity contribution >= 4 is 32.8 Å². The van der Waals surface area contributed by atoms with Crippen molar-refractivity contribution in [1.29, 1.82) is 0 Å². The summed E-state index contributed by atoms with van der Waals surface area (Å²) >= 11 is 4.12. The van der Waals surface area contributed by atoms with Crippen LogP contribution in [0.5, 0.6) is 0 Å². The Morgan fingerprint density at radius 3 is 2.68 bits per heavy atom. The molecule has 0 bridgehead atoms. The van der Waals surface area contributed by atoms with Crippen molar-refractivity contribution in [1.82, 2.24) is 0 Å². The van der Waals surface area contributed by atoms with E-state index in [1.54, 1.807) is 0 Å². The molecule has 0 aromatic heterocycles. The number of hydrogen-bond donors (Lipinski definition) is 0. The lowest BCUT2D eigenvalue weighted by molar-refractivity contribution is -0.137. The summed E-state index contributed by atoms with van der Waals surface area (Å²) in [4.78, 5) is 10.7. The van der Waals surface area contributed by atoms with Crippen LogP contribution in [-0.2, 0) is 11.0 Å². The van der Waals surface area contributed by atoms with Crippen LogP contribution < -0.4 is 0 Å². The van der Waals surface area contributed by atoms with Crippen LogP contribution in [-0.4, -0.2) is 10.9 Å². The van der Waals surface area contributed by atoms with Crippen LogP contribution in [0, 0.1) is 11.8 Å². The third-order valence-corrected chi connectivity index (χ3v) is 3.35. The fourth-order valence-electron chi connectivity index (χ4n) is 1.26. The molecule has 0 N–H and O–H groups in total. The number of carbonyl (C=O) groups is 1. The Hall–Kier alpha value is -0.930. The van der Waals surface area contributed by atoms with Crippen LogP contribution in [0.4, 0.5) is 13.2 Å². The number of thioether (sulfide) groups is 1. The van der Waals surface area contributed by atoms with Crippen molar-refractivity contribution < 1.29 is 18.0 Å². The smallest absolute Gasteiger partial charge is 0.288 e. The first-order valence-electron chi connectivity index (χ1n) is 5.29. The second-order valence-corrected chi connectivity index (χ2v) is 5.77. The Bertz CT molecular complexity index is 529. The normalized spacial score (nSPS) is 10.8. The van der Waals surface area contributed by atoms with Crippen molar-refractivity contribution in [3.8, 4) is 11.8 Å². The fraction of sp³-hybridized carbons (Fsp3) is 0.308. The van der Waals surface area contributed by atoms with Gasteiger partial charge >= 0.3 is 6.18 Å². The minimum atomic E-state index is -4.43. The zero-order valence-corrected chi connectivity index (χ0v) is 12.4.